The Hall–Kier alpha value is -3.61. The molecule has 29 heavy (non-hydrogen) atoms. The van der Waals surface area contributed by atoms with E-state index in [0.717, 1.165) is 11.3 Å². The van der Waals surface area contributed by atoms with E-state index in [-0.39, 0.29) is 18.1 Å². The fourth-order valence-electron chi connectivity index (χ4n) is 2.73. The second kappa shape index (κ2) is 9.54. The fraction of sp³-hybridized carbons (Fsp3) is 0.182. The largest absolute Gasteiger partial charge is 0.490 e. The lowest BCUT2D eigenvalue weighted by molar-refractivity contribution is -0.384. The van der Waals surface area contributed by atoms with Crippen molar-refractivity contribution in [3.63, 3.8) is 0 Å². The van der Waals surface area contributed by atoms with E-state index < -0.39 is 4.92 Å². The van der Waals surface area contributed by atoms with Crippen molar-refractivity contribution in [2.24, 2.45) is 0 Å². The first-order chi connectivity index (χ1) is 14.1. The first-order valence-electron chi connectivity index (χ1n) is 9.17. The van der Waals surface area contributed by atoms with Crippen molar-refractivity contribution in [1.82, 2.24) is 0 Å². The molecule has 0 fully saturated rings. The van der Waals surface area contributed by atoms with Gasteiger partial charge in [0, 0.05) is 29.9 Å². The monoisotopic (exact) mass is 396 g/mol. The number of hydrogen-bond acceptors (Lipinski definition) is 5. The zero-order valence-corrected chi connectivity index (χ0v) is 15.9. The van der Waals surface area contributed by atoms with Crippen LogP contribution < -0.4 is 14.8 Å². The van der Waals surface area contributed by atoms with Crippen molar-refractivity contribution in [1.29, 1.82) is 0 Å². The van der Waals surface area contributed by atoms with Crippen molar-refractivity contribution >= 4 is 11.4 Å². The predicted molar refractivity (Wildman–Crippen MR) is 109 cm³/mol. The number of nitro groups is 1. The Labute approximate surface area is 168 Å². The highest BCUT2D eigenvalue weighted by Gasteiger charge is 2.09. The standard InChI is InChI=1S/C22H21FN2O4/c1-2-28-22-13-16(14-24-18-8-10-19(11-9-18)25(26)27)7-12-21(22)29-15-17-5-3-4-6-20(17)23/h3-13,24H,2,14-15H2,1H3. The summed E-state index contributed by atoms with van der Waals surface area (Å²) in [6.45, 7) is 2.95. The molecule has 0 aliphatic carbocycles. The maximum Gasteiger partial charge on any atom is 0.269 e. The number of nitro benzene ring substituents is 1. The second-order valence-electron chi connectivity index (χ2n) is 6.25. The molecule has 6 nitrogen and oxygen atoms in total. The summed E-state index contributed by atoms with van der Waals surface area (Å²) in [4.78, 5) is 10.3. The number of nitrogens with one attached hydrogen (secondary N) is 1. The van der Waals surface area contributed by atoms with Gasteiger partial charge >= 0.3 is 0 Å². The van der Waals surface area contributed by atoms with Crippen molar-refractivity contribution in [2.45, 2.75) is 20.1 Å². The first kappa shape index (κ1) is 20.1. The highest BCUT2D eigenvalue weighted by atomic mass is 19.1. The zero-order valence-electron chi connectivity index (χ0n) is 15.9. The number of hydrogen-bond donors (Lipinski definition) is 1. The summed E-state index contributed by atoms with van der Waals surface area (Å²) in [7, 11) is 0. The molecule has 0 saturated carbocycles. The molecular formula is C22H21FN2O4. The van der Waals surface area contributed by atoms with E-state index in [1.165, 1.54) is 18.2 Å². The van der Waals surface area contributed by atoms with E-state index in [0.29, 0.717) is 30.2 Å². The summed E-state index contributed by atoms with van der Waals surface area (Å²) >= 11 is 0. The molecule has 0 aliphatic rings. The maximum atomic E-state index is 13.8. The predicted octanol–water partition coefficient (Wildman–Crippen LogP) is 5.32. The minimum atomic E-state index is -0.432. The highest BCUT2D eigenvalue weighted by molar-refractivity contribution is 5.50. The number of anilines is 1. The maximum absolute atomic E-state index is 13.8. The van der Waals surface area contributed by atoms with Gasteiger partial charge in [0.2, 0.25) is 0 Å². The Morgan fingerprint density at radius 3 is 2.45 bits per heavy atom. The highest BCUT2D eigenvalue weighted by Crippen LogP contribution is 2.30. The topological polar surface area (TPSA) is 73.6 Å². The van der Waals surface area contributed by atoms with Gasteiger partial charge in [0.05, 0.1) is 11.5 Å². The molecule has 0 amide bonds. The number of halogens is 1. The third-order valence-electron chi connectivity index (χ3n) is 4.22. The molecule has 0 saturated heterocycles. The van der Waals surface area contributed by atoms with Gasteiger partial charge in [-0.05, 0) is 42.8 Å². The van der Waals surface area contributed by atoms with Crippen molar-refractivity contribution in [2.75, 3.05) is 11.9 Å². The second-order valence-corrected chi connectivity index (χ2v) is 6.25. The Morgan fingerprint density at radius 2 is 1.76 bits per heavy atom. The molecule has 7 heteroatoms. The minimum absolute atomic E-state index is 0.0468. The van der Waals surface area contributed by atoms with Crippen LogP contribution in [-0.2, 0) is 13.2 Å². The Balaban J connectivity index is 1.66. The van der Waals surface area contributed by atoms with Gasteiger partial charge < -0.3 is 14.8 Å². The van der Waals surface area contributed by atoms with Crippen LogP contribution in [0.5, 0.6) is 11.5 Å². The van der Waals surface area contributed by atoms with E-state index in [1.54, 1.807) is 36.4 Å². The summed E-state index contributed by atoms with van der Waals surface area (Å²) < 4.78 is 25.2. The number of ether oxygens (including phenoxy) is 2. The van der Waals surface area contributed by atoms with Crippen LogP contribution in [0.25, 0.3) is 0 Å². The Bertz CT molecular complexity index is 977. The normalized spacial score (nSPS) is 10.4. The van der Waals surface area contributed by atoms with E-state index in [4.69, 9.17) is 9.47 Å². The Kier molecular flexibility index (Phi) is 6.63. The van der Waals surface area contributed by atoms with Crippen LogP contribution in [-0.4, -0.2) is 11.5 Å². The van der Waals surface area contributed by atoms with Gasteiger partial charge in [-0.15, -0.1) is 0 Å². The van der Waals surface area contributed by atoms with E-state index >= 15 is 0 Å². The van der Waals surface area contributed by atoms with Gasteiger partial charge in [-0.25, -0.2) is 4.39 Å². The molecule has 3 aromatic carbocycles. The van der Waals surface area contributed by atoms with Crippen LogP contribution in [0.3, 0.4) is 0 Å². The van der Waals surface area contributed by atoms with Gasteiger partial charge in [0.1, 0.15) is 12.4 Å². The molecule has 0 unspecified atom stereocenters. The molecule has 3 aromatic rings. The molecule has 0 heterocycles. The van der Waals surface area contributed by atoms with Gasteiger partial charge in [0.25, 0.3) is 5.69 Å². The third-order valence-corrected chi connectivity index (χ3v) is 4.22. The number of rotatable bonds is 9. The molecule has 1 N–H and O–H groups in total. The van der Waals surface area contributed by atoms with Crippen LogP contribution in [0, 0.1) is 15.9 Å². The number of benzene rings is 3. The van der Waals surface area contributed by atoms with Gasteiger partial charge in [-0.2, -0.15) is 0 Å². The van der Waals surface area contributed by atoms with Crippen LogP contribution >= 0.6 is 0 Å². The van der Waals surface area contributed by atoms with E-state index in [2.05, 4.69) is 5.32 Å². The van der Waals surface area contributed by atoms with Crippen LogP contribution in [0.15, 0.2) is 66.7 Å². The minimum Gasteiger partial charge on any atom is -0.490 e. The molecule has 0 aliphatic heterocycles. The first-order valence-corrected chi connectivity index (χ1v) is 9.17. The average Bonchev–Trinajstić information content (AvgIpc) is 2.73. The lowest BCUT2D eigenvalue weighted by Crippen LogP contribution is -2.04. The SMILES string of the molecule is CCOc1cc(CNc2ccc([N+](=O)[O-])cc2)ccc1OCc1ccccc1F. The Morgan fingerprint density at radius 1 is 1.00 bits per heavy atom. The molecule has 0 spiro atoms. The van der Waals surface area contributed by atoms with Crippen molar-refractivity contribution in [3.05, 3.63) is 93.8 Å². The molecule has 0 bridgehead atoms. The zero-order chi connectivity index (χ0) is 20.6. The molecule has 3 rings (SSSR count). The lowest BCUT2D eigenvalue weighted by atomic mass is 10.2. The van der Waals surface area contributed by atoms with E-state index in [9.17, 15) is 14.5 Å². The summed E-state index contributed by atoms with van der Waals surface area (Å²) in [5.41, 5.74) is 2.24. The van der Waals surface area contributed by atoms with Crippen molar-refractivity contribution in [3.8, 4) is 11.5 Å². The smallest absolute Gasteiger partial charge is 0.269 e. The van der Waals surface area contributed by atoms with Crippen LogP contribution in [0.2, 0.25) is 0 Å². The molecule has 0 radical (unpaired) electrons. The van der Waals surface area contributed by atoms with Gasteiger partial charge in [-0.1, -0.05) is 24.3 Å². The molecule has 0 aromatic heterocycles. The average molecular weight is 396 g/mol. The van der Waals surface area contributed by atoms with Gasteiger partial charge in [0.15, 0.2) is 11.5 Å². The summed E-state index contributed by atoms with van der Waals surface area (Å²) in [5, 5.41) is 13.9. The lowest BCUT2D eigenvalue weighted by Gasteiger charge is -2.14. The summed E-state index contributed by atoms with van der Waals surface area (Å²) in [6, 6.07) is 18.2. The fourth-order valence-corrected chi connectivity index (χ4v) is 2.73. The third kappa shape index (κ3) is 5.44. The molecule has 0 atom stereocenters. The number of non-ortho nitro benzene ring substituents is 1. The van der Waals surface area contributed by atoms with E-state index in [1.807, 2.05) is 19.1 Å². The quantitative estimate of drug-likeness (QED) is 0.391. The van der Waals surface area contributed by atoms with Crippen molar-refractivity contribution < 1.29 is 18.8 Å². The number of nitrogens with zero attached hydrogens (tertiary/aromatic N) is 1. The molecular weight excluding hydrogens is 375 g/mol. The molecule has 150 valence electrons. The van der Waals surface area contributed by atoms with Gasteiger partial charge in [-0.3, -0.25) is 10.1 Å². The summed E-state index contributed by atoms with van der Waals surface area (Å²) in [6.07, 6.45) is 0. The summed E-state index contributed by atoms with van der Waals surface area (Å²) in [5.74, 6) is 0.801. The van der Waals surface area contributed by atoms with Crippen LogP contribution in [0.1, 0.15) is 18.1 Å². The van der Waals surface area contributed by atoms with Crippen LogP contribution in [0.4, 0.5) is 15.8 Å².